The van der Waals surface area contributed by atoms with Gasteiger partial charge in [-0.3, -0.25) is 14.5 Å². The minimum Gasteiger partial charge on any atom is -0.493 e. The van der Waals surface area contributed by atoms with E-state index >= 15 is 0 Å². The van der Waals surface area contributed by atoms with Crippen LogP contribution in [-0.2, 0) is 4.79 Å². The number of thioether (sulfide) groups is 1. The van der Waals surface area contributed by atoms with Crippen molar-refractivity contribution in [1.29, 1.82) is 0 Å². The second kappa shape index (κ2) is 7.27. The molecule has 1 atom stereocenters. The fraction of sp³-hybridized carbons (Fsp3) is 0.375. The highest BCUT2D eigenvalue weighted by Crippen LogP contribution is 2.39. The fourth-order valence-corrected chi connectivity index (χ4v) is 3.01. The molecule has 0 bridgehead atoms. The molecule has 0 spiro atoms. The number of carbonyl (C=O) groups excluding carboxylic acids is 2. The third kappa shape index (κ3) is 3.82. The van der Waals surface area contributed by atoms with Crippen molar-refractivity contribution in [3.05, 3.63) is 27.6 Å². The van der Waals surface area contributed by atoms with Crippen LogP contribution >= 0.6 is 23.4 Å². The van der Waals surface area contributed by atoms with Crippen LogP contribution in [0.3, 0.4) is 0 Å². The molecule has 1 aromatic rings. The number of ether oxygens (including phenoxy) is 2. The largest absolute Gasteiger partial charge is 0.493 e. The number of likely N-dealkylation sites (N-methyl/N-ethyl adjacent to an activating group) is 1. The van der Waals surface area contributed by atoms with Crippen LogP contribution in [0.1, 0.15) is 25.8 Å². The van der Waals surface area contributed by atoms with Gasteiger partial charge in [0.2, 0.25) is 0 Å². The van der Waals surface area contributed by atoms with E-state index in [4.69, 9.17) is 21.1 Å². The quantitative estimate of drug-likeness (QED) is 0.741. The molecular weight excluding hydrogens is 338 g/mol. The molecule has 1 saturated heterocycles. The Kier molecular flexibility index (Phi) is 5.59. The molecular formula is C16H18ClNO4S. The second-order valence-corrected chi connectivity index (χ2v) is 6.51. The van der Waals surface area contributed by atoms with Gasteiger partial charge < -0.3 is 9.47 Å². The first-order valence-corrected chi connectivity index (χ1v) is 8.32. The van der Waals surface area contributed by atoms with E-state index in [1.54, 1.807) is 18.2 Å². The molecule has 124 valence electrons. The summed E-state index contributed by atoms with van der Waals surface area (Å²) in [5, 5.41) is 0.0997. The van der Waals surface area contributed by atoms with Crippen LogP contribution in [0.4, 0.5) is 4.79 Å². The van der Waals surface area contributed by atoms with Crippen LogP contribution in [-0.4, -0.2) is 36.3 Å². The Morgan fingerprint density at radius 2 is 2.09 bits per heavy atom. The Balaban J connectivity index is 2.37. The van der Waals surface area contributed by atoms with Gasteiger partial charge in [0, 0.05) is 7.05 Å². The molecule has 5 nitrogen and oxygen atoms in total. The summed E-state index contributed by atoms with van der Waals surface area (Å²) in [5.74, 6) is 0.638. The normalized spacial score (nSPS) is 17.8. The van der Waals surface area contributed by atoms with Crippen LogP contribution < -0.4 is 9.47 Å². The lowest BCUT2D eigenvalue weighted by molar-refractivity contribution is -0.121. The van der Waals surface area contributed by atoms with Crippen LogP contribution in [0.2, 0.25) is 5.02 Å². The average Bonchev–Trinajstić information content (AvgIpc) is 2.76. The van der Waals surface area contributed by atoms with Crippen molar-refractivity contribution >= 4 is 40.6 Å². The average molecular weight is 356 g/mol. The zero-order valence-corrected chi connectivity index (χ0v) is 15.0. The zero-order valence-electron chi connectivity index (χ0n) is 13.4. The van der Waals surface area contributed by atoms with Crippen LogP contribution in [0, 0.1) is 0 Å². The van der Waals surface area contributed by atoms with Crippen molar-refractivity contribution < 1.29 is 19.1 Å². The third-order valence-electron chi connectivity index (χ3n) is 3.43. The van der Waals surface area contributed by atoms with E-state index in [2.05, 4.69) is 0 Å². The van der Waals surface area contributed by atoms with Gasteiger partial charge in [0.15, 0.2) is 11.5 Å². The molecule has 2 amide bonds. The Bertz CT molecular complexity index is 674. The van der Waals surface area contributed by atoms with Gasteiger partial charge in [0.25, 0.3) is 11.1 Å². The smallest absolute Gasteiger partial charge is 0.293 e. The van der Waals surface area contributed by atoms with Gasteiger partial charge in [-0.05, 0) is 48.9 Å². The number of imide groups is 1. The Labute approximate surface area is 144 Å². The summed E-state index contributed by atoms with van der Waals surface area (Å²) in [4.78, 5) is 24.9. The number of hydrogen-bond acceptors (Lipinski definition) is 5. The number of benzene rings is 1. The molecule has 0 saturated carbocycles. The van der Waals surface area contributed by atoms with Crippen molar-refractivity contribution in [3.8, 4) is 11.5 Å². The Morgan fingerprint density at radius 1 is 1.39 bits per heavy atom. The van der Waals surface area contributed by atoms with E-state index < -0.39 is 0 Å². The van der Waals surface area contributed by atoms with Gasteiger partial charge in [0.05, 0.1) is 23.1 Å². The summed E-state index contributed by atoms with van der Waals surface area (Å²) in [5.41, 5.74) is 0.669. The lowest BCUT2D eigenvalue weighted by Gasteiger charge is -2.17. The number of halogens is 1. The lowest BCUT2D eigenvalue weighted by Crippen LogP contribution is -2.22. The van der Waals surface area contributed by atoms with E-state index in [-0.39, 0.29) is 17.3 Å². The zero-order chi connectivity index (χ0) is 17.1. The number of rotatable bonds is 5. The first-order chi connectivity index (χ1) is 10.9. The summed E-state index contributed by atoms with van der Waals surface area (Å²) in [7, 11) is 2.98. The molecule has 1 unspecified atom stereocenters. The molecule has 2 rings (SSSR count). The summed E-state index contributed by atoms with van der Waals surface area (Å²) < 4.78 is 11.1. The highest BCUT2D eigenvalue weighted by molar-refractivity contribution is 8.18. The highest BCUT2D eigenvalue weighted by Gasteiger charge is 2.31. The predicted molar refractivity (Wildman–Crippen MR) is 92.1 cm³/mol. The van der Waals surface area contributed by atoms with Gasteiger partial charge in [-0.1, -0.05) is 18.5 Å². The third-order valence-corrected chi connectivity index (χ3v) is 4.67. The monoisotopic (exact) mass is 355 g/mol. The molecule has 23 heavy (non-hydrogen) atoms. The van der Waals surface area contributed by atoms with Crippen molar-refractivity contribution in [2.45, 2.75) is 26.4 Å². The fourth-order valence-electron chi connectivity index (χ4n) is 1.92. The minimum absolute atomic E-state index is 0.00356. The topological polar surface area (TPSA) is 55.8 Å². The minimum atomic E-state index is -0.324. The van der Waals surface area contributed by atoms with Gasteiger partial charge >= 0.3 is 0 Å². The van der Waals surface area contributed by atoms with E-state index in [1.807, 2.05) is 13.8 Å². The maximum absolute atomic E-state index is 11.9. The van der Waals surface area contributed by atoms with Gasteiger partial charge in [-0.15, -0.1) is 0 Å². The van der Waals surface area contributed by atoms with Crippen LogP contribution in [0.25, 0.3) is 6.08 Å². The standard InChI is InChI=1S/C16H18ClNO4S/c1-5-9(2)22-14-11(17)6-10(7-12(14)21-4)8-13-15(19)18(3)16(20)23-13/h6-9H,5H2,1-4H3. The highest BCUT2D eigenvalue weighted by atomic mass is 35.5. The Hall–Kier alpha value is -1.66. The lowest BCUT2D eigenvalue weighted by atomic mass is 10.1. The summed E-state index contributed by atoms with van der Waals surface area (Å²) in [6, 6.07) is 3.42. The maximum Gasteiger partial charge on any atom is 0.293 e. The molecule has 0 aromatic heterocycles. The molecule has 0 aliphatic carbocycles. The van der Waals surface area contributed by atoms with Gasteiger partial charge in [-0.25, -0.2) is 0 Å². The van der Waals surface area contributed by atoms with Crippen LogP contribution in [0.5, 0.6) is 11.5 Å². The maximum atomic E-state index is 11.9. The van der Waals surface area contributed by atoms with Crippen molar-refractivity contribution in [3.63, 3.8) is 0 Å². The summed E-state index contributed by atoms with van der Waals surface area (Å²) in [6.07, 6.45) is 2.46. The van der Waals surface area contributed by atoms with Gasteiger partial charge in [0.1, 0.15) is 0 Å². The predicted octanol–water partition coefficient (Wildman–Crippen LogP) is 4.19. The number of hydrogen-bond donors (Lipinski definition) is 0. The molecule has 7 heteroatoms. The molecule has 0 N–H and O–H groups in total. The first kappa shape index (κ1) is 17.7. The van der Waals surface area contributed by atoms with E-state index in [0.717, 1.165) is 23.1 Å². The molecule has 0 radical (unpaired) electrons. The number of methoxy groups -OCH3 is 1. The van der Waals surface area contributed by atoms with Crippen molar-refractivity contribution in [1.82, 2.24) is 4.90 Å². The summed E-state index contributed by atoms with van der Waals surface area (Å²) in [6.45, 7) is 3.96. The van der Waals surface area contributed by atoms with Crippen molar-refractivity contribution in [2.24, 2.45) is 0 Å². The van der Waals surface area contributed by atoms with Crippen molar-refractivity contribution in [2.75, 3.05) is 14.2 Å². The molecule has 1 aliphatic heterocycles. The number of nitrogens with zero attached hydrogens (tertiary/aromatic N) is 1. The SMILES string of the molecule is CCC(C)Oc1c(Cl)cc(C=C2SC(=O)N(C)C2=O)cc1OC. The van der Waals surface area contributed by atoms with E-state index in [9.17, 15) is 9.59 Å². The Morgan fingerprint density at radius 3 is 2.61 bits per heavy atom. The van der Waals surface area contributed by atoms with E-state index in [0.29, 0.717) is 27.0 Å². The van der Waals surface area contributed by atoms with E-state index in [1.165, 1.54) is 14.2 Å². The summed E-state index contributed by atoms with van der Waals surface area (Å²) >= 11 is 7.19. The molecule has 1 fully saturated rings. The first-order valence-electron chi connectivity index (χ1n) is 7.13. The second-order valence-electron chi connectivity index (χ2n) is 5.11. The van der Waals surface area contributed by atoms with Crippen LogP contribution in [0.15, 0.2) is 17.0 Å². The molecule has 1 aromatic carbocycles. The molecule has 1 aliphatic rings. The number of amides is 2. The van der Waals surface area contributed by atoms with Gasteiger partial charge in [-0.2, -0.15) is 0 Å². The number of carbonyl (C=O) groups is 2. The molecule has 1 heterocycles.